The van der Waals surface area contributed by atoms with Crippen LogP contribution in [0.1, 0.15) is 32.1 Å². The SMILES string of the molecule is O=C(O)NNC1C2CC3CC(C2)CC1C3. The summed E-state index contributed by atoms with van der Waals surface area (Å²) in [6, 6.07) is 0.397. The number of hydrogen-bond donors (Lipinski definition) is 3. The molecule has 0 aliphatic heterocycles. The molecular weight excluding hydrogens is 192 g/mol. The zero-order chi connectivity index (χ0) is 10.4. The molecule has 84 valence electrons. The summed E-state index contributed by atoms with van der Waals surface area (Å²) >= 11 is 0. The van der Waals surface area contributed by atoms with Crippen molar-refractivity contribution in [2.45, 2.75) is 38.1 Å². The Morgan fingerprint density at radius 2 is 1.53 bits per heavy atom. The quantitative estimate of drug-likeness (QED) is 0.606. The van der Waals surface area contributed by atoms with Crippen LogP contribution in [0, 0.1) is 23.7 Å². The lowest BCUT2D eigenvalue weighted by Crippen LogP contribution is -2.58. The van der Waals surface area contributed by atoms with E-state index in [1.54, 1.807) is 0 Å². The third-order valence-electron chi connectivity index (χ3n) is 4.57. The van der Waals surface area contributed by atoms with Gasteiger partial charge in [0.25, 0.3) is 0 Å². The van der Waals surface area contributed by atoms with E-state index in [0.717, 1.165) is 11.8 Å². The largest absolute Gasteiger partial charge is 0.464 e. The van der Waals surface area contributed by atoms with Gasteiger partial charge in [-0.05, 0) is 55.8 Å². The molecule has 1 amide bonds. The zero-order valence-corrected chi connectivity index (χ0v) is 8.78. The maximum Gasteiger partial charge on any atom is 0.419 e. The molecule has 0 saturated heterocycles. The maximum absolute atomic E-state index is 10.5. The van der Waals surface area contributed by atoms with E-state index in [9.17, 15) is 4.79 Å². The number of hydrazine groups is 1. The van der Waals surface area contributed by atoms with Crippen LogP contribution < -0.4 is 10.9 Å². The highest BCUT2D eigenvalue weighted by atomic mass is 16.4. The van der Waals surface area contributed by atoms with Gasteiger partial charge >= 0.3 is 6.09 Å². The molecule has 4 fully saturated rings. The fraction of sp³-hybridized carbons (Fsp3) is 0.909. The highest BCUT2D eigenvalue weighted by Gasteiger charge is 2.48. The molecule has 0 aromatic rings. The molecule has 0 aromatic heterocycles. The topological polar surface area (TPSA) is 61.4 Å². The van der Waals surface area contributed by atoms with Crippen LogP contribution >= 0.6 is 0 Å². The van der Waals surface area contributed by atoms with Crippen molar-refractivity contribution in [2.24, 2.45) is 23.7 Å². The minimum Gasteiger partial charge on any atom is -0.464 e. The fourth-order valence-electron chi connectivity index (χ4n) is 4.31. The smallest absolute Gasteiger partial charge is 0.419 e. The Morgan fingerprint density at radius 1 is 1.00 bits per heavy atom. The van der Waals surface area contributed by atoms with Crippen molar-refractivity contribution in [2.75, 3.05) is 0 Å². The predicted octanol–water partition coefficient (Wildman–Crippen LogP) is 1.58. The van der Waals surface area contributed by atoms with Crippen molar-refractivity contribution >= 4 is 6.09 Å². The summed E-state index contributed by atoms with van der Waals surface area (Å²) in [5, 5.41) is 8.59. The first-order valence-corrected chi connectivity index (χ1v) is 5.97. The van der Waals surface area contributed by atoms with Crippen molar-refractivity contribution in [3.8, 4) is 0 Å². The van der Waals surface area contributed by atoms with E-state index in [0.29, 0.717) is 17.9 Å². The van der Waals surface area contributed by atoms with Crippen molar-refractivity contribution in [1.29, 1.82) is 0 Å². The van der Waals surface area contributed by atoms with Gasteiger partial charge in [0.1, 0.15) is 0 Å². The first-order valence-electron chi connectivity index (χ1n) is 5.97. The number of rotatable bonds is 2. The lowest BCUT2D eigenvalue weighted by atomic mass is 9.54. The minimum absolute atomic E-state index is 0.397. The molecule has 4 heteroatoms. The van der Waals surface area contributed by atoms with E-state index in [1.165, 1.54) is 32.1 Å². The third kappa shape index (κ3) is 1.61. The molecule has 0 atom stereocenters. The second-order valence-corrected chi connectivity index (χ2v) is 5.53. The molecule has 4 saturated carbocycles. The van der Waals surface area contributed by atoms with Crippen LogP contribution in [0.3, 0.4) is 0 Å². The average Bonchev–Trinajstić information content (AvgIpc) is 2.14. The zero-order valence-electron chi connectivity index (χ0n) is 8.78. The van der Waals surface area contributed by atoms with Gasteiger partial charge in [-0.3, -0.25) is 5.43 Å². The summed E-state index contributed by atoms with van der Waals surface area (Å²) in [4.78, 5) is 10.5. The Bertz CT molecular complexity index is 252. The number of carbonyl (C=O) groups is 1. The summed E-state index contributed by atoms with van der Waals surface area (Å²) in [6.45, 7) is 0. The summed E-state index contributed by atoms with van der Waals surface area (Å²) in [5.41, 5.74) is 5.35. The third-order valence-corrected chi connectivity index (χ3v) is 4.57. The number of hydrogen-bond acceptors (Lipinski definition) is 2. The molecule has 0 spiro atoms. The van der Waals surface area contributed by atoms with E-state index >= 15 is 0 Å². The summed E-state index contributed by atoms with van der Waals surface area (Å²) in [6.07, 6.45) is 5.71. The predicted molar refractivity (Wildman–Crippen MR) is 55.1 cm³/mol. The molecule has 0 heterocycles. The van der Waals surface area contributed by atoms with Crippen LogP contribution in [0.5, 0.6) is 0 Å². The molecule has 0 radical (unpaired) electrons. The van der Waals surface area contributed by atoms with Crippen LogP contribution in [-0.4, -0.2) is 17.2 Å². The van der Waals surface area contributed by atoms with Crippen molar-refractivity contribution < 1.29 is 9.90 Å². The monoisotopic (exact) mass is 210 g/mol. The van der Waals surface area contributed by atoms with Gasteiger partial charge in [0.05, 0.1) is 0 Å². The molecule has 0 unspecified atom stereocenters. The molecule has 0 aromatic carbocycles. The minimum atomic E-state index is -0.969. The number of amides is 1. The van der Waals surface area contributed by atoms with Gasteiger partial charge in [0.15, 0.2) is 0 Å². The van der Waals surface area contributed by atoms with Gasteiger partial charge in [0.2, 0.25) is 0 Å². The Hall–Kier alpha value is -0.770. The highest BCUT2D eigenvalue weighted by Crippen LogP contribution is 2.53. The van der Waals surface area contributed by atoms with Crippen molar-refractivity contribution in [3.63, 3.8) is 0 Å². The normalized spacial score (nSPS) is 46.8. The van der Waals surface area contributed by atoms with Crippen molar-refractivity contribution in [3.05, 3.63) is 0 Å². The van der Waals surface area contributed by atoms with E-state index in [-0.39, 0.29) is 0 Å². The summed E-state index contributed by atoms with van der Waals surface area (Å²) in [5.74, 6) is 3.31. The Labute approximate surface area is 89.4 Å². The molecule has 3 N–H and O–H groups in total. The maximum atomic E-state index is 10.5. The second kappa shape index (κ2) is 3.37. The molecule has 4 aliphatic rings. The lowest BCUT2D eigenvalue weighted by Gasteiger charge is -2.54. The molecular formula is C11H18N2O2. The van der Waals surface area contributed by atoms with E-state index in [1.807, 2.05) is 0 Å². The first kappa shape index (κ1) is 9.46. The van der Waals surface area contributed by atoms with E-state index in [2.05, 4.69) is 10.9 Å². The average molecular weight is 210 g/mol. The van der Waals surface area contributed by atoms with E-state index in [4.69, 9.17) is 5.11 Å². The van der Waals surface area contributed by atoms with Gasteiger partial charge in [0, 0.05) is 6.04 Å². The number of nitrogens with one attached hydrogen (secondary N) is 2. The molecule has 4 nitrogen and oxygen atoms in total. The van der Waals surface area contributed by atoms with Gasteiger partial charge in [-0.2, -0.15) is 0 Å². The van der Waals surface area contributed by atoms with Crippen LogP contribution in [0.4, 0.5) is 4.79 Å². The van der Waals surface area contributed by atoms with Gasteiger partial charge in [-0.15, -0.1) is 0 Å². The van der Waals surface area contributed by atoms with E-state index < -0.39 is 6.09 Å². The Morgan fingerprint density at radius 3 is 2.00 bits per heavy atom. The molecule has 4 aliphatic carbocycles. The lowest BCUT2D eigenvalue weighted by molar-refractivity contribution is -0.0179. The standard InChI is InChI=1S/C11H18N2O2/c14-11(15)13-12-10-8-2-6-1-7(4-8)5-9(10)3-6/h6-10,12-13H,1-5H2,(H,14,15). The van der Waals surface area contributed by atoms with Gasteiger partial charge in [-0.25, -0.2) is 10.2 Å². The van der Waals surface area contributed by atoms with Crippen LogP contribution in [0.15, 0.2) is 0 Å². The highest BCUT2D eigenvalue weighted by molar-refractivity contribution is 5.63. The van der Waals surface area contributed by atoms with Gasteiger partial charge in [-0.1, -0.05) is 0 Å². The number of carboxylic acid groups (broad SMARTS) is 1. The fourth-order valence-corrected chi connectivity index (χ4v) is 4.31. The van der Waals surface area contributed by atoms with Crippen LogP contribution in [-0.2, 0) is 0 Å². The second-order valence-electron chi connectivity index (χ2n) is 5.53. The molecule has 4 rings (SSSR count). The summed E-state index contributed by atoms with van der Waals surface area (Å²) in [7, 11) is 0. The van der Waals surface area contributed by atoms with Crippen LogP contribution in [0.25, 0.3) is 0 Å². The molecule has 4 bridgehead atoms. The Balaban J connectivity index is 1.67. The van der Waals surface area contributed by atoms with Gasteiger partial charge < -0.3 is 5.11 Å². The molecule has 15 heavy (non-hydrogen) atoms. The van der Waals surface area contributed by atoms with Crippen molar-refractivity contribution in [1.82, 2.24) is 10.9 Å². The van der Waals surface area contributed by atoms with Crippen LogP contribution in [0.2, 0.25) is 0 Å². The Kier molecular flexibility index (Phi) is 2.12. The summed E-state index contributed by atoms with van der Waals surface area (Å²) < 4.78 is 0. The first-order chi connectivity index (χ1) is 7.22.